The van der Waals surface area contributed by atoms with E-state index in [4.69, 9.17) is 19.1 Å². The summed E-state index contributed by atoms with van der Waals surface area (Å²) < 4.78 is 32.7. The standard InChI is InChI=1S/C48H83O10P/c1-3-5-7-9-11-13-15-17-18-19-20-21-22-23-24-25-26-28-29-31-33-35-37-39-47(51)55-43-46(44-57-59(53,54)56-42-45(50)41-49)58-48(52)40-38-36-34-32-30-27-16-14-12-10-8-6-4-2/h6,8,10,12,14,16,20-21,23-24,27,30,45-46,49-50H,3-5,7,9,11,13,15,17-19,22,25-26,28-29,31-44H2,1-2H3,(H,53,54)/b8-6+,12-10+,16-14+,21-20+,24-23+,30-27+/t45-,46?/m1/s1. The van der Waals surface area contributed by atoms with Crippen LogP contribution in [0.15, 0.2) is 72.9 Å². The van der Waals surface area contributed by atoms with Gasteiger partial charge in [-0.1, -0.05) is 177 Å². The molecule has 0 aromatic heterocycles. The predicted molar refractivity (Wildman–Crippen MR) is 242 cm³/mol. The monoisotopic (exact) mass is 851 g/mol. The number of rotatable bonds is 42. The van der Waals surface area contributed by atoms with Crippen LogP contribution in [-0.2, 0) is 32.7 Å². The highest BCUT2D eigenvalue weighted by Gasteiger charge is 2.27. The van der Waals surface area contributed by atoms with Crippen molar-refractivity contribution in [2.75, 3.05) is 26.4 Å². The van der Waals surface area contributed by atoms with Gasteiger partial charge >= 0.3 is 19.8 Å². The lowest BCUT2D eigenvalue weighted by molar-refractivity contribution is -0.161. The van der Waals surface area contributed by atoms with Crippen molar-refractivity contribution >= 4 is 19.8 Å². The van der Waals surface area contributed by atoms with Gasteiger partial charge < -0.3 is 24.6 Å². The first-order valence-corrected chi connectivity index (χ1v) is 24.4. The molecule has 0 aromatic rings. The smallest absolute Gasteiger partial charge is 0.462 e. The Bertz CT molecular complexity index is 1210. The largest absolute Gasteiger partial charge is 0.472 e. The predicted octanol–water partition coefficient (Wildman–Crippen LogP) is 12.4. The molecule has 0 spiro atoms. The Labute approximate surface area is 358 Å². The maximum absolute atomic E-state index is 12.6. The average molecular weight is 851 g/mol. The molecule has 2 unspecified atom stereocenters. The number of phosphoric acid groups is 1. The van der Waals surface area contributed by atoms with E-state index < -0.39 is 51.8 Å². The summed E-state index contributed by atoms with van der Waals surface area (Å²) in [5, 5.41) is 18.3. The van der Waals surface area contributed by atoms with Crippen LogP contribution in [0.5, 0.6) is 0 Å². The Kier molecular flexibility index (Phi) is 41.6. The summed E-state index contributed by atoms with van der Waals surface area (Å²) in [6, 6.07) is 0. The number of esters is 2. The molecule has 0 amide bonds. The van der Waals surface area contributed by atoms with Crippen molar-refractivity contribution in [1.29, 1.82) is 0 Å². The van der Waals surface area contributed by atoms with Gasteiger partial charge in [-0.25, -0.2) is 4.57 Å². The van der Waals surface area contributed by atoms with Crippen molar-refractivity contribution in [3.63, 3.8) is 0 Å². The van der Waals surface area contributed by atoms with Gasteiger partial charge in [-0.05, 0) is 64.2 Å². The van der Waals surface area contributed by atoms with Crippen LogP contribution < -0.4 is 0 Å². The Morgan fingerprint density at radius 3 is 1.56 bits per heavy atom. The summed E-state index contributed by atoms with van der Waals surface area (Å²) in [5.74, 6) is -0.984. The SMILES string of the molecule is CC/C=C/C=C/C=C/C=C/CCCCCC(=O)OC(COC(=O)CCCCCCCCC/C=C/C/C=C/CCCCCCCCCCC)COP(=O)(O)OC[C@H](O)CO. The van der Waals surface area contributed by atoms with Crippen LogP contribution in [0.4, 0.5) is 0 Å². The van der Waals surface area contributed by atoms with E-state index in [0.717, 1.165) is 57.8 Å². The molecule has 0 aliphatic carbocycles. The molecule has 0 bridgehead atoms. The number of hydrogen-bond donors (Lipinski definition) is 3. The number of carbonyl (C=O) groups excluding carboxylic acids is 2. The molecule has 10 nitrogen and oxygen atoms in total. The number of phosphoric ester groups is 1. The second kappa shape index (κ2) is 43.5. The van der Waals surface area contributed by atoms with Gasteiger partial charge in [0.05, 0.1) is 19.8 Å². The minimum atomic E-state index is -4.63. The lowest BCUT2D eigenvalue weighted by Crippen LogP contribution is -2.29. The first kappa shape index (κ1) is 56.4. The quantitative estimate of drug-likeness (QED) is 0.0178. The lowest BCUT2D eigenvalue weighted by atomic mass is 10.1. The number of ether oxygens (including phenoxy) is 2. The number of allylic oxidation sites excluding steroid dienone is 12. The Morgan fingerprint density at radius 2 is 1.00 bits per heavy atom. The number of carbonyl (C=O) groups is 2. The fraction of sp³-hybridized carbons (Fsp3) is 0.708. The van der Waals surface area contributed by atoms with Crippen molar-refractivity contribution < 1.29 is 47.8 Å². The molecular formula is C48H83O10P. The molecule has 3 N–H and O–H groups in total. The van der Waals surface area contributed by atoms with Gasteiger partial charge in [0.25, 0.3) is 0 Å². The summed E-state index contributed by atoms with van der Waals surface area (Å²) >= 11 is 0. The minimum absolute atomic E-state index is 0.133. The first-order valence-electron chi connectivity index (χ1n) is 22.9. The van der Waals surface area contributed by atoms with Crippen LogP contribution in [0.2, 0.25) is 0 Å². The van der Waals surface area contributed by atoms with Gasteiger partial charge in [-0.3, -0.25) is 18.6 Å². The van der Waals surface area contributed by atoms with Crippen molar-refractivity contribution in [3.05, 3.63) is 72.9 Å². The molecule has 0 aliphatic rings. The molecule has 0 saturated heterocycles. The van der Waals surface area contributed by atoms with Crippen molar-refractivity contribution in [2.45, 2.75) is 193 Å². The summed E-state index contributed by atoms with van der Waals surface area (Å²) in [4.78, 5) is 35.0. The number of unbranched alkanes of at least 4 members (excludes halogenated alkanes) is 19. The van der Waals surface area contributed by atoms with Gasteiger partial charge in [0.15, 0.2) is 6.10 Å². The van der Waals surface area contributed by atoms with Crippen LogP contribution in [0, 0.1) is 0 Å². The molecule has 0 fully saturated rings. The van der Waals surface area contributed by atoms with Crippen LogP contribution in [0.25, 0.3) is 0 Å². The molecule has 0 aromatic carbocycles. The maximum Gasteiger partial charge on any atom is 0.472 e. The van der Waals surface area contributed by atoms with Crippen molar-refractivity contribution in [2.24, 2.45) is 0 Å². The van der Waals surface area contributed by atoms with Gasteiger partial charge in [-0.2, -0.15) is 0 Å². The molecule has 11 heteroatoms. The second-order valence-electron chi connectivity index (χ2n) is 15.1. The summed E-state index contributed by atoms with van der Waals surface area (Å²) in [7, 11) is -4.63. The number of hydrogen-bond acceptors (Lipinski definition) is 9. The van der Waals surface area contributed by atoms with Crippen LogP contribution in [0.1, 0.15) is 181 Å². The van der Waals surface area contributed by atoms with Crippen molar-refractivity contribution in [1.82, 2.24) is 0 Å². The maximum atomic E-state index is 12.6. The highest BCUT2D eigenvalue weighted by atomic mass is 31.2. The summed E-state index contributed by atoms with van der Waals surface area (Å²) in [6.07, 6.45) is 50.3. The fourth-order valence-electron chi connectivity index (χ4n) is 5.92. The first-order chi connectivity index (χ1) is 28.7. The highest BCUT2D eigenvalue weighted by molar-refractivity contribution is 7.47. The van der Waals surface area contributed by atoms with Crippen LogP contribution >= 0.6 is 7.82 Å². The normalized spacial score (nSPS) is 14.5. The van der Waals surface area contributed by atoms with Crippen molar-refractivity contribution in [3.8, 4) is 0 Å². The molecule has 0 heterocycles. The molecule has 0 saturated carbocycles. The molecular weight excluding hydrogens is 767 g/mol. The third-order valence-corrected chi connectivity index (χ3v) is 10.4. The minimum Gasteiger partial charge on any atom is -0.462 e. The third-order valence-electron chi connectivity index (χ3n) is 9.44. The van der Waals surface area contributed by atoms with E-state index in [9.17, 15) is 24.2 Å². The van der Waals surface area contributed by atoms with E-state index in [1.54, 1.807) is 0 Å². The van der Waals surface area contributed by atoms with Crippen LogP contribution in [0.3, 0.4) is 0 Å². The molecule has 0 radical (unpaired) electrons. The Balaban J connectivity index is 4.25. The molecule has 59 heavy (non-hydrogen) atoms. The van der Waals surface area contributed by atoms with E-state index in [1.807, 2.05) is 36.5 Å². The zero-order valence-corrected chi connectivity index (χ0v) is 37.8. The second-order valence-corrected chi connectivity index (χ2v) is 16.6. The topological polar surface area (TPSA) is 149 Å². The van der Waals surface area contributed by atoms with E-state index in [-0.39, 0.29) is 19.4 Å². The van der Waals surface area contributed by atoms with Crippen LogP contribution in [-0.4, -0.2) is 65.7 Å². The fourth-order valence-corrected chi connectivity index (χ4v) is 6.71. The van der Waals surface area contributed by atoms with E-state index in [0.29, 0.717) is 12.8 Å². The van der Waals surface area contributed by atoms with E-state index in [1.165, 1.54) is 83.5 Å². The summed E-state index contributed by atoms with van der Waals surface area (Å²) in [6.45, 7) is 2.17. The average Bonchev–Trinajstić information content (AvgIpc) is 3.22. The van der Waals surface area contributed by atoms with Gasteiger partial charge in [0.1, 0.15) is 12.7 Å². The van der Waals surface area contributed by atoms with Gasteiger partial charge in [-0.15, -0.1) is 0 Å². The van der Waals surface area contributed by atoms with E-state index >= 15 is 0 Å². The lowest BCUT2D eigenvalue weighted by Gasteiger charge is -2.20. The molecule has 340 valence electrons. The summed E-state index contributed by atoms with van der Waals surface area (Å²) in [5.41, 5.74) is 0. The highest BCUT2D eigenvalue weighted by Crippen LogP contribution is 2.43. The Hall–Kier alpha value is -2.59. The van der Waals surface area contributed by atoms with Gasteiger partial charge in [0, 0.05) is 12.8 Å². The zero-order chi connectivity index (χ0) is 43.3. The number of aliphatic hydroxyl groups is 2. The zero-order valence-electron chi connectivity index (χ0n) is 36.9. The third kappa shape index (κ3) is 43.3. The molecule has 3 atom stereocenters. The number of aliphatic hydroxyl groups excluding tert-OH is 2. The molecule has 0 aliphatic heterocycles. The van der Waals surface area contributed by atoms with Gasteiger partial charge in [0.2, 0.25) is 0 Å². The van der Waals surface area contributed by atoms with E-state index in [2.05, 4.69) is 54.8 Å². The Morgan fingerprint density at radius 1 is 0.542 bits per heavy atom. The molecule has 0 rings (SSSR count).